The van der Waals surface area contributed by atoms with Crippen molar-refractivity contribution in [2.75, 3.05) is 5.32 Å². The summed E-state index contributed by atoms with van der Waals surface area (Å²) in [7, 11) is 0. The largest absolute Gasteiger partial charge is 0.481 e. The molecular formula is C25H22F2N6O2. The predicted molar refractivity (Wildman–Crippen MR) is 124 cm³/mol. The molecule has 0 spiro atoms. The Kier molecular flexibility index (Phi) is 5.16. The number of hydrogen-bond donors (Lipinski definition) is 3. The van der Waals surface area contributed by atoms with Crippen LogP contribution < -0.4 is 5.32 Å². The van der Waals surface area contributed by atoms with Crippen LogP contribution in [0, 0.1) is 29.4 Å². The summed E-state index contributed by atoms with van der Waals surface area (Å²) < 4.78 is 29.8. The van der Waals surface area contributed by atoms with Gasteiger partial charge in [0.15, 0.2) is 17.5 Å². The number of hydrogen-bond acceptors (Lipinski definition) is 6. The number of fused-ring (bicyclic) bond motifs is 4. The van der Waals surface area contributed by atoms with Crippen molar-refractivity contribution < 1.29 is 18.7 Å². The van der Waals surface area contributed by atoms with Gasteiger partial charge in [-0.3, -0.25) is 9.78 Å². The van der Waals surface area contributed by atoms with Gasteiger partial charge in [-0.15, -0.1) is 0 Å². The molecule has 0 aliphatic heterocycles. The van der Waals surface area contributed by atoms with Crippen LogP contribution in [-0.4, -0.2) is 42.0 Å². The first-order valence-corrected chi connectivity index (χ1v) is 11.6. The minimum absolute atomic E-state index is 0.0476. The number of anilines is 1. The molecule has 35 heavy (non-hydrogen) atoms. The lowest BCUT2D eigenvalue weighted by Gasteiger charge is -2.47. The van der Waals surface area contributed by atoms with Gasteiger partial charge < -0.3 is 15.4 Å². The summed E-state index contributed by atoms with van der Waals surface area (Å²) in [6.07, 6.45) is 9.32. The van der Waals surface area contributed by atoms with Gasteiger partial charge in [0, 0.05) is 41.1 Å². The maximum atomic E-state index is 15.8. The molecule has 3 fully saturated rings. The van der Waals surface area contributed by atoms with Crippen molar-refractivity contribution in [3.05, 3.63) is 54.6 Å². The van der Waals surface area contributed by atoms with Gasteiger partial charge in [-0.1, -0.05) is 0 Å². The Labute approximate surface area is 198 Å². The lowest BCUT2D eigenvalue weighted by molar-refractivity contribution is -0.148. The Hall–Kier alpha value is -3.95. The van der Waals surface area contributed by atoms with E-state index in [1.807, 2.05) is 0 Å². The molecule has 0 amide bonds. The van der Waals surface area contributed by atoms with E-state index < -0.39 is 29.6 Å². The molecule has 3 aliphatic rings. The molecule has 3 aliphatic carbocycles. The number of pyridine rings is 2. The Morgan fingerprint density at radius 2 is 1.83 bits per heavy atom. The molecule has 2 bridgehead atoms. The number of carboxylic acids is 1. The van der Waals surface area contributed by atoms with E-state index in [0.29, 0.717) is 22.2 Å². The maximum absolute atomic E-state index is 15.8. The van der Waals surface area contributed by atoms with Gasteiger partial charge in [-0.2, -0.15) is 0 Å². The molecule has 4 aromatic heterocycles. The Bertz CT molecular complexity index is 1420. The van der Waals surface area contributed by atoms with Crippen LogP contribution in [-0.2, 0) is 4.79 Å². The van der Waals surface area contributed by atoms with Crippen LogP contribution in [0.2, 0.25) is 0 Å². The van der Waals surface area contributed by atoms with E-state index in [9.17, 15) is 14.3 Å². The van der Waals surface area contributed by atoms with E-state index in [4.69, 9.17) is 0 Å². The predicted octanol–water partition coefficient (Wildman–Crippen LogP) is 4.66. The minimum Gasteiger partial charge on any atom is -0.481 e. The fourth-order valence-corrected chi connectivity index (χ4v) is 5.70. The number of aromatic nitrogens is 5. The van der Waals surface area contributed by atoms with Gasteiger partial charge in [0.2, 0.25) is 0 Å². The number of aromatic amines is 1. The fraction of sp³-hybridized carbons (Fsp3) is 0.320. The van der Waals surface area contributed by atoms with E-state index in [2.05, 4.69) is 30.2 Å². The summed E-state index contributed by atoms with van der Waals surface area (Å²) in [6.45, 7) is 0. The van der Waals surface area contributed by atoms with Gasteiger partial charge in [0.25, 0.3) is 0 Å². The molecule has 3 N–H and O–H groups in total. The zero-order chi connectivity index (χ0) is 24.1. The number of nitrogens with one attached hydrogen (secondary N) is 2. The number of halogens is 2. The van der Waals surface area contributed by atoms with Crippen LogP contribution >= 0.6 is 0 Å². The van der Waals surface area contributed by atoms with E-state index in [1.54, 1.807) is 18.3 Å². The molecule has 0 aromatic carbocycles. The van der Waals surface area contributed by atoms with Crippen LogP contribution in [0.15, 0.2) is 43.0 Å². The topological polar surface area (TPSA) is 117 Å². The minimum atomic E-state index is -0.876. The summed E-state index contributed by atoms with van der Waals surface area (Å²) >= 11 is 0. The van der Waals surface area contributed by atoms with Crippen molar-refractivity contribution in [3.8, 4) is 22.6 Å². The van der Waals surface area contributed by atoms with E-state index in [1.165, 1.54) is 18.5 Å². The van der Waals surface area contributed by atoms with Gasteiger partial charge >= 0.3 is 5.97 Å². The highest BCUT2D eigenvalue weighted by molar-refractivity contribution is 5.92. The first-order chi connectivity index (χ1) is 17.0. The monoisotopic (exact) mass is 476 g/mol. The highest BCUT2D eigenvalue weighted by Crippen LogP contribution is 2.46. The third kappa shape index (κ3) is 3.69. The Balaban J connectivity index is 1.50. The fourth-order valence-electron chi connectivity index (χ4n) is 5.70. The summed E-state index contributed by atoms with van der Waals surface area (Å²) in [4.78, 5) is 32.1. The van der Waals surface area contributed by atoms with Crippen molar-refractivity contribution in [1.29, 1.82) is 0 Å². The smallest absolute Gasteiger partial charge is 0.308 e. The first-order valence-electron chi connectivity index (χ1n) is 11.6. The van der Waals surface area contributed by atoms with Gasteiger partial charge in [-0.05, 0) is 55.7 Å². The average molecular weight is 476 g/mol. The maximum Gasteiger partial charge on any atom is 0.308 e. The molecule has 2 atom stereocenters. The van der Waals surface area contributed by atoms with Crippen molar-refractivity contribution in [2.24, 2.45) is 17.8 Å². The van der Waals surface area contributed by atoms with Crippen molar-refractivity contribution in [3.63, 3.8) is 0 Å². The average Bonchev–Trinajstić information content (AvgIpc) is 3.29. The highest BCUT2D eigenvalue weighted by atomic mass is 19.1. The van der Waals surface area contributed by atoms with E-state index in [-0.39, 0.29) is 29.2 Å². The molecule has 8 nitrogen and oxygen atoms in total. The zero-order valence-corrected chi connectivity index (χ0v) is 18.6. The Morgan fingerprint density at radius 3 is 2.57 bits per heavy atom. The molecule has 0 radical (unpaired) electrons. The molecule has 4 heterocycles. The Morgan fingerprint density at radius 1 is 1.09 bits per heavy atom. The molecular weight excluding hydrogens is 454 g/mol. The lowest BCUT2D eigenvalue weighted by Crippen LogP contribution is -2.51. The number of carboxylic acid groups (broad SMARTS) is 1. The van der Waals surface area contributed by atoms with Crippen molar-refractivity contribution >= 4 is 22.8 Å². The lowest BCUT2D eigenvalue weighted by atomic mass is 9.61. The van der Waals surface area contributed by atoms with Crippen LogP contribution in [0.5, 0.6) is 0 Å². The second kappa shape index (κ2) is 8.37. The SMILES string of the molecule is O=C(O)C1C2CCC(CC2)C1Nc1nc(-c2c[nH]c3ncc(F)cc23)nc(-c2ccncc2)c1F. The van der Waals surface area contributed by atoms with Gasteiger partial charge in [-0.25, -0.2) is 23.7 Å². The van der Waals surface area contributed by atoms with Gasteiger partial charge in [0.05, 0.1) is 12.1 Å². The standard InChI is InChI=1S/C25H22F2N6O2/c26-15-9-16-17(11-30-22(16)29-10-15)23-32-21(14-5-7-28-8-6-14)19(27)24(33-23)31-20-13-3-1-12(2-4-13)18(20)25(34)35/h5-13,18,20H,1-4H2,(H,29,30)(H,34,35)(H,31,32,33). The number of nitrogens with zero attached hydrogens (tertiary/aromatic N) is 4. The molecule has 7 rings (SSSR count). The van der Waals surface area contributed by atoms with Crippen molar-refractivity contribution in [2.45, 2.75) is 31.7 Å². The highest BCUT2D eigenvalue weighted by Gasteiger charge is 2.47. The van der Waals surface area contributed by atoms with Crippen molar-refractivity contribution in [1.82, 2.24) is 24.9 Å². The quantitative estimate of drug-likeness (QED) is 0.383. The second-order valence-electron chi connectivity index (χ2n) is 9.26. The summed E-state index contributed by atoms with van der Waals surface area (Å²) in [6, 6.07) is 4.15. The molecule has 10 heteroatoms. The zero-order valence-electron chi connectivity index (χ0n) is 18.6. The van der Waals surface area contributed by atoms with E-state index >= 15 is 4.39 Å². The molecule has 2 unspecified atom stereocenters. The normalized spacial score (nSPS) is 23.5. The number of carbonyl (C=O) groups is 1. The van der Waals surface area contributed by atoms with Crippen LogP contribution in [0.25, 0.3) is 33.7 Å². The first kappa shape index (κ1) is 21.6. The molecule has 0 saturated heterocycles. The van der Waals surface area contributed by atoms with Gasteiger partial charge in [0.1, 0.15) is 17.2 Å². The number of rotatable bonds is 5. The summed E-state index contributed by atoms with van der Waals surface area (Å²) in [5.41, 5.74) is 1.45. The third-order valence-corrected chi connectivity index (χ3v) is 7.35. The second-order valence-corrected chi connectivity index (χ2v) is 9.26. The third-order valence-electron chi connectivity index (χ3n) is 7.35. The molecule has 3 saturated carbocycles. The number of H-pyrrole nitrogens is 1. The number of aliphatic carboxylic acids is 1. The summed E-state index contributed by atoms with van der Waals surface area (Å²) in [5, 5.41) is 13.6. The summed E-state index contributed by atoms with van der Waals surface area (Å²) in [5.74, 6) is -2.39. The van der Waals surface area contributed by atoms with Crippen LogP contribution in [0.4, 0.5) is 14.6 Å². The van der Waals surface area contributed by atoms with E-state index in [0.717, 1.165) is 31.9 Å². The molecule has 4 aromatic rings. The van der Waals surface area contributed by atoms with Crippen LogP contribution in [0.3, 0.4) is 0 Å². The molecule has 178 valence electrons. The van der Waals surface area contributed by atoms with Crippen LogP contribution in [0.1, 0.15) is 25.7 Å².